The Morgan fingerprint density at radius 2 is 2.19 bits per heavy atom. The molecule has 2 N–H and O–H groups in total. The van der Waals surface area contributed by atoms with Gasteiger partial charge in [0.15, 0.2) is 6.10 Å². The van der Waals surface area contributed by atoms with Crippen molar-refractivity contribution in [3.05, 3.63) is 42.2 Å². The van der Waals surface area contributed by atoms with Crippen molar-refractivity contribution in [2.24, 2.45) is 0 Å². The number of carbonyl (C=O) groups is 2. The number of nitrogens with one attached hydrogen (secondary N) is 1. The van der Waals surface area contributed by atoms with Crippen molar-refractivity contribution in [2.45, 2.75) is 32.4 Å². The van der Waals surface area contributed by atoms with Crippen LogP contribution in [0.4, 0.5) is 4.39 Å². The summed E-state index contributed by atoms with van der Waals surface area (Å²) in [5.74, 6) is -1.97. The van der Waals surface area contributed by atoms with Crippen LogP contribution in [0, 0.1) is 5.82 Å². The van der Waals surface area contributed by atoms with E-state index in [0.29, 0.717) is 0 Å². The maximum absolute atomic E-state index is 13.0. The van der Waals surface area contributed by atoms with Gasteiger partial charge < -0.3 is 15.2 Å². The second-order valence-corrected chi connectivity index (χ2v) is 4.42. The zero-order chi connectivity index (χ0) is 15.8. The van der Waals surface area contributed by atoms with Gasteiger partial charge in [0.25, 0.3) is 5.91 Å². The standard InChI is InChI=1S/C15H18FNO4/c1-3-4-8-13(15(19)20)17-14(18)10(2)21-12-7-5-6-11(16)9-12/h3-7,9-10,13H,8H2,1-2H3,(H,17,18)(H,19,20)/b4-3+. The van der Waals surface area contributed by atoms with Crippen molar-refractivity contribution < 1.29 is 23.8 Å². The van der Waals surface area contributed by atoms with Gasteiger partial charge in [-0.05, 0) is 32.4 Å². The number of rotatable bonds is 7. The second-order valence-electron chi connectivity index (χ2n) is 4.42. The molecule has 0 fully saturated rings. The number of halogens is 1. The van der Waals surface area contributed by atoms with E-state index < -0.39 is 29.8 Å². The van der Waals surface area contributed by atoms with Crippen molar-refractivity contribution in [1.82, 2.24) is 5.32 Å². The zero-order valence-corrected chi connectivity index (χ0v) is 11.9. The van der Waals surface area contributed by atoms with Crippen LogP contribution in [0.15, 0.2) is 36.4 Å². The number of carbonyl (C=O) groups excluding carboxylic acids is 1. The van der Waals surface area contributed by atoms with Crippen LogP contribution in [0.1, 0.15) is 20.3 Å². The third-order valence-corrected chi connectivity index (χ3v) is 2.70. The lowest BCUT2D eigenvalue weighted by Gasteiger charge is -2.18. The molecule has 0 saturated heterocycles. The minimum absolute atomic E-state index is 0.185. The van der Waals surface area contributed by atoms with Crippen LogP contribution in [0.25, 0.3) is 0 Å². The number of ether oxygens (including phenoxy) is 1. The topological polar surface area (TPSA) is 75.6 Å². The third-order valence-electron chi connectivity index (χ3n) is 2.70. The number of carboxylic acids is 1. The van der Waals surface area contributed by atoms with E-state index in [0.717, 1.165) is 6.07 Å². The van der Waals surface area contributed by atoms with Gasteiger partial charge in [0.1, 0.15) is 17.6 Å². The van der Waals surface area contributed by atoms with Crippen LogP contribution in [-0.4, -0.2) is 29.1 Å². The van der Waals surface area contributed by atoms with E-state index in [1.54, 1.807) is 19.1 Å². The zero-order valence-electron chi connectivity index (χ0n) is 11.9. The SMILES string of the molecule is C/C=C/CC(NC(=O)C(C)Oc1cccc(F)c1)C(=O)O. The summed E-state index contributed by atoms with van der Waals surface area (Å²) in [6.45, 7) is 3.23. The van der Waals surface area contributed by atoms with Gasteiger partial charge >= 0.3 is 5.97 Å². The Balaban J connectivity index is 2.62. The third kappa shape index (κ3) is 5.64. The van der Waals surface area contributed by atoms with E-state index in [9.17, 15) is 14.0 Å². The highest BCUT2D eigenvalue weighted by Crippen LogP contribution is 2.14. The summed E-state index contributed by atoms with van der Waals surface area (Å²) in [6, 6.07) is 4.36. The van der Waals surface area contributed by atoms with E-state index >= 15 is 0 Å². The van der Waals surface area contributed by atoms with Crippen LogP contribution in [0.3, 0.4) is 0 Å². The van der Waals surface area contributed by atoms with Crippen LogP contribution in [0.5, 0.6) is 5.75 Å². The average Bonchev–Trinajstić information content (AvgIpc) is 2.42. The monoisotopic (exact) mass is 295 g/mol. The maximum Gasteiger partial charge on any atom is 0.326 e. The highest BCUT2D eigenvalue weighted by Gasteiger charge is 2.22. The summed E-state index contributed by atoms with van der Waals surface area (Å²) in [5.41, 5.74) is 0. The number of amides is 1. The van der Waals surface area contributed by atoms with E-state index in [-0.39, 0.29) is 12.2 Å². The second kappa shape index (κ2) is 8.04. The van der Waals surface area contributed by atoms with E-state index in [2.05, 4.69) is 5.32 Å². The van der Waals surface area contributed by atoms with Gasteiger partial charge in [-0.2, -0.15) is 0 Å². The summed E-state index contributed by atoms with van der Waals surface area (Å²) < 4.78 is 18.3. The molecule has 1 rings (SSSR count). The molecule has 2 atom stereocenters. The predicted octanol–water partition coefficient (Wildman–Crippen LogP) is 2.13. The maximum atomic E-state index is 13.0. The fourth-order valence-corrected chi connectivity index (χ4v) is 1.58. The summed E-state index contributed by atoms with van der Waals surface area (Å²) in [4.78, 5) is 22.9. The van der Waals surface area contributed by atoms with Crippen LogP contribution in [0.2, 0.25) is 0 Å². The molecule has 0 bridgehead atoms. The van der Waals surface area contributed by atoms with Crippen LogP contribution in [-0.2, 0) is 9.59 Å². The number of allylic oxidation sites excluding steroid dienone is 1. The molecule has 0 radical (unpaired) electrons. The highest BCUT2D eigenvalue weighted by atomic mass is 19.1. The van der Waals surface area contributed by atoms with Gasteiger partial charge in [0.05, 0.1) is 0 Å². The lowest BCUT2D eigenvalue weighted by molar-refractivity contribution is -0.142. The Morgan fingerprint density at radius 1 is 1.48 bits per heavy atom. The minimum Gasteiger partial charge on any atom is -0.481 e. The molecule has 0 aliphatic heterocycles. The van der Waals surface area contributed by atoms with E-state index in [4.69, 9.17) is 9.84 Å². The molecule has 1 amide bonds. The van der Waals surface area contributed by atoms with Crippen LogP contribution >= 0.6 is 0 Å². The quantitative estimate of drug-likeness (QED) is 0.756. The van der Waals surface area contributed by atoms with E-state index in [1.807, 2.05) is 0 Å². The molecule has 0 aromatic heterocycles. The molecule has 2 unspecified atom stereocenters. The molecule has 114 valence electrons. The molecule has 0 saturated carbocycles. The molecule has 1 aromatic rings. The van der Waals surface area contributed by atoms with Crippen molar-refractivity contribution in [1.29, 1.82) is 0 Å². The fraction of sp³-hybridized carbons (Fsp3) is 0.333. The number of hydrogen-bond donors (Lipinski definition) is 2. The Kier molecular flexibility index (Phi) is 6.39. The lowest BCUT2D eigenvalue weighted by atomic mass is 10.2. The Morgan fingerprint density at radius 3 is 2.76 bits per heavy atom. The van der Waals surface area contributed by atoms with Gasteiger partial charge in [-0.3, -0.25) is 4.79 Å². The summed E-state index contributed by atoms with van der Waals surface area (Å²) in [7, 11) is 0. The molecule has 1 aromatic carbocycles. The van der Waals surface area contributed by atoms with Gasteiger partial charge in [-0.25, -0.2) is 9.18 Å². The summed E-state index contributed by atoms with van der Waals surface area (Å²) in [6.07, 6.45) is 2.61. The van der Waals surface area contributed by atoms with Crippen molar-refractivity contribution >= 4 is 11.9 Å². The van der Waals surface area contributed by atoms with Gasteiger partial charge in [-0.15, -0.1) is 0 Å². The first-order valence-corrected chi connectivity index (χ1v) is 6.50. The van der Waals surface area contributed by atoms with Gasteiger partial charge in [-0.1, -0.05) is 18.2 Å². The number of aliphatic carboxylic acids is 1. The summed E-state index contributed by atoms with van der Waals surface area (Å²) >= 11 is 0. The number of hydrogen-bond acceptors (Lipinski definition) is 3. The smallest absolute Gasteiger partial charge is 0.326 e. The predicted molar refractivity (Wildman–Crippen MR) is 75.5 cm³/mol. The largest absolute Gasteiger partial charge is 0.481 e. The van der Waals surface area contributed by atoms with Crippen molar-refractivity contribution in [3.8, 4) is 5.75 Å². The molecule has 0 spiro atoms. The summed E-state index contributed by atoms with van der Waals surface area (Å²) in [5, 5.41) is 11.4. The lowest BCUT2D eigenvalue weighted by Crippen LogP contribution is -2.46. The Bertz CT molecular complexity index is 530. The van der Waals surface area contributed by atoms with Gasteiger partial charge in [0.2, 0.25) is 0 Å². The molecular weight excluding hydrogens is 277 g/mol. The average molecular weight is 295 g/mol. The van der Waals surface area contributed by atoms with Crippen molar-refractivity contribution in [3.63, 3.8) is 0 Å². The molecule has 0 aliphatic carbocycles. The first kappa shape index (κ1) is 16.7. The molecule has 0 aliphatic rings. The molecular formula is C15H18FNO4. The highest BCUT2D eigenvalue weighted by molar-refractivity contribution is 5.86. The fourth-order valence-electron chi connectivity index (χ4n) is 1.58. The van der Waals surface area contributed by atoms with Gasteiger partial charge in [0, 0.05) is 6.07 Å². The first-order chi connectivity index (χ1) is 9.93. The van der Waals surface area contributed by atoms with Crippen LogP contribution < -0.4 is 10.1 Å². The van der Waals surface area contributed by atoms with E-state index in [1.165, 1.54) is 25.1 Å². The Hall–Kier alpha value is -2.37. The molecule has 6 heteroatoms. The minimum atomic E-state index is -1.13. The number of carboxylic acid groups (broad SMARTS) is 1. The first-order valence-electron chi connectivity index (χ1n) is 6.50. The molecule has 5 nitrogen and oxygen atoms in total. The molecule has 0 heterocycles. The molecule has 21 heavy (non-hydrogen) atoms. The van der Waals surface area contributed by atoms with Crippen molar-refractivity contribution in [2.75, 3.05) is 0 Å². The Labute approximate surface area is 122 Å². The number of benzene rings is 1. The normalized spacial score (nSPS) is 13.7.